The van der Waals surface area contributed by atoms with Crippen LogP contribution in [0, 0.1) is 0 Å². The summed E-state index contributed by atoms with van der Waals surface area (Å²) in [6, 6.07) is 3.49. The Morgan fingerprint density at radius 1 is 1.64 bits per heavy atom. The van der Waals surface area contributed by atoms with E-state index in [0.717, 1.165) is 0 Å². The van der Waals surface area contributed by atoms with Gasteiger partial charge in [-0.25, -0.2) is 0 Å². The Hall–Kier alpha value is -1.97. The van der Waals surface area contributed by atoms with Gasteiger partial charge >= 0.3 is 7.12 Å². The quantitative estimate of drug-likeness (QED) is 0.194. The van der Waals surface area contributed by atoms with Crippen LogP contribution in [0.3, 0.4) is 0 Å². The minimum atomic E-state index is -1.10. The van der Waals surface area contributed by atoms with Gasteiger partial charge < -0.3 is 19.8 Å². The molecule has 1 aliphatic heterocycles. The lowest BCUT2D eigenvalue weighted by atomic mass is 9.77. The smallest absolute Gasteiger partial charge is 0.426 e. The summed E-state index contributed by atoms with van der Waals surface area (Å²) in [6.45, 7) is 0.0575. The monoisotopic (exact) mass is 322 g/mol. The maximum Gasteiger partial charge on any atom is 0.478 e. The molecule has 0 bridgehead atoms. The molecule has 0 aromatic carbocycles. The van der Waals surface area contributed by atoms with Crippen LogP contribution in [0.15, 0.2) is 34.8 Å². The molecule has 1 aromatic rings. The Kier molecular flexibility index (Phi) is 6.32. The van der Waals surface area contributed by atoms with Crippen molar-refractivity contribution in [3.8, 4) is 0 Å². The number of carbonyl (C=O) groups excluding carboxylic acids is 2. The molecule has 0 fully saturated rings. The molecule has 22 heavy (non-hydrogen) atoms. The summed E-state index contributed by atoms with van der Waals surface area (Å²) in [5, 5.41) is 18.0. The largest absolute Gasteiger partial charge is 0.478 e. The van der Waals surface area contributed by atoms with Crippen LogP contribution in [-0.2, 0) is 19.1 Å². The van der Waals surface area contributed by atoms with Crippen LogP contribution in [-0.4, -0.2) is 49.2 Å². The van der Waals surface area contributed by atoms with E-state index in [0.29, 0.717) is 24.2 Å². The molecule has 1 aliphatic rings. The van der Waals surface area contributed by atoms with Gasteiger partial charge in [0.05, 0.1) is 10.8 Å². The summed E-state index contributed by atoms with van der Waals surface area (Å²) in [7, 11) is -1.10. The van der Waals surface area contributed by atoms with Crippen molar-refractivity contribution in [1.82, 2.24) is 5.32 Å². The normalized spacial score (nSPS) is 18.7. The van der Waals surface area contributed by atoms with E-state index in [2.05, 4.69) is 10.5 Å². The molecule has 1 atom stereocenters. The number of carbonyl (C=O) groups is 2. The van der Waals surface area contributed by atoms with Gasteiger partial charge in [0.1, 0.15) is 0 Å². The zero-order valence-corrected chi connectivity index (χ0v) is 12.5. The molecule has 2 rings (SSSR count). The number of amides is 1. The second kappa shape index (κ2) is 8.47. The second-order valence-corrected chi connectivity index (χ2v) is 5.34. The van der Waals surface area contributed by atoms with Gasteiger partial charge in [0.25, 0.3) is 5.91 Å². The van der Waals surface area contributed by atoms with Crippen LogP contribution < -0.4 is 5.32 Å². The first kappa shape index (κ1) is 16.4. The number of oxime groups is 1. The van der Waals surface area contributed by atoms with Crippen LogP contribution in [0.2, 0.25) is 0 Å². The van der Waals surface area contributed by atoms with E-state index in [-0.39, 0.29) is 12.3 Å². The van der Waals surface area contributed by atoms with Crippen molar-refractivity contribution >= 4 is 36.4 Å². The predicted molar refractivity (Wildman–Crippen MR) is 82.5 cm³/mol. The highest BCUT2D eigenvalue weighted by molar-refractivity contribution is 7.13. The molecule has 2 heterocycles. The SMILES string of the molecule is O=CCO/N=C(/C(=O)NC1CC=CCOB1O)c1cccs1. The third kappa shape index (κ3) is 4.52. The van der Waals surface area contributed by atoms with Gasteiger partial charge in [-0.2, -0.15) is 0 Å². The minimum Gasteiger partial charge on any atom is -0.426 e. The van der Waals surface area contributed by atoms with E-state index in [1.54, 1.807) is 23.6 Å². The molecule has 0 aliphatic carbocycles. The van der Waals surface area contributed by atoms with Crippen LogP contribution in [0.5, 0.6) is 0 Å². The summed E-state index contributed by atoms with van der Waals surface area (Å²) < 4.78 is 5.12. The van der Waals surface area contributed by atoms with Crippen LogP contribution in [0.1, 0.15) is 11.3 Å². The van der Waals surface area contributed by atoms with Crippen LogP contribution in [0.4, 0.5) is 0 Å². The topological polar surface area (TPSA) is 97.2 Å². The van der Waals surface area contributed by atoms with Gasteiger partial charge in [-0.05, 0) is 17.9 Å². The predicted octanol–water partition coefficient (Wildman–Crippen LogP) is 0.149. The number of rotatable bonds is 6. The number of hydrogen-bond acceptors (Lipinski definition) is 7. The molecule has 0 spiro atoms. The fraction of sp³-hybridized carbons (Fsp3) is 0.308. The third-order valence-corrected chi connectivity index (χ3v) is 3.73. The highest BCUT2D eigenvalue weighted by Crippen LogP contribution is 2.12. The molecule has 1 amide bonds. The maximum atomic E-state index is 12.4. The molecule has 1 aromatic heterocycles. The zero-order valence-electron chi connectivity index (χ0n) is 11.7. The molecular weight excluding hydrogens is 307 g/mol. The summed E-state index contributed by atoms with van der Waals surface area (Å²) >= 11 is 1.32. The fourth-order valence-electron chi connectivity index (χ4n) is 1.81. The minimum absolute atomic E-state index is 0.0530. The van der Waals surface area contributed by atoms with Crippen LogP contribution >= 0.6 is 11.3 Å². The lowest BCUT2D eigenvalue weighted by Crippen LogP contribution is -2.49. The maximum absolute atomic E-state index is 12.4. The Morgan fingerprint density at radius 2 is 2.50 bits per heavy atom. The first-order chi connectivity index (χ1) is 10.7. The first-order valence-electron chi connectivity index (χ1n) is 6.65. The lowest BCUT2D eigenvalue weighted by molar-refractivity contribution is -0.116. The summed E-state index contributed by atoms with van der Waals surface area (Å²) in [5.74, 6) is -1.08. The van der Waals surface area contributed by atoms with Crippen molar-refractivity contribution in [2.24, 2.45) is 5.16 Å². The van der Waals surface area contributed by atoms with Crippen molar-refractivity contribution in [3.05, 3.63) is 34.5 Å². The number of nitrogens with one attached hydrogen (secondary N) is 1. The Balaban J connectivity index is 2.09. The van der Waals surface area contributed by atoms with Gasteiger partial charge in [0.15, 0.2) is 18.6 Å². The van der Waals surface area contributed by atoms with Crippen LogP contribution in [0.25, 0.3) is 0 Å². The average Bonchev–Trinajstić information content (AvgIpc) is 2.96. The second-order valence-electron chi connectivity index (χ2n) is 4.39. The van der Waals surface area contributed by atoms with Gasteiger partial charge in [0.2, 0.25) is 0 Å². The van der Waals surface area contributed by atoms with Crippen molar-refractivity contribution in [3.63, 3.8) is 0 Å². The van der Waals surface area contributed by atoms with Crippen molar-refractivity contribution < 1.29 is 24.1 Å². The van der Waals surface area contributed by atoms with Crippen molar-refractivity contribution in [2.45, 2.75) is 12.4 Å². The Bertz CT molecular complexity index is 561. The van der Waals surface area contributed by atoms with E-state index in [9.17, 15) is 14.6 Å². The summed E-state index contributed by atoms with van der Waals surface area (Å²) in [5.41, 5.74) is 0.0530. The van der Waals surface area contributed by atoms with Gasteiger partial charge in [-0.3, -0.25) is 9.59 Å². The summed E-state index contributed by atoms with van der Waals surface area (Å²) in [4.78, 5) is 28.0. The Labute approximate surface area is 131 Å². The molecule has 9 heteroatoms. The fourth-order valence-corrected chi connectivity index (χ4v) is 2.51. The van der Waals surface area contributed by atoms with Crippen molar-refractivity contribution in [1.29, 1.82) is 0 Å². The molecular formula is C13H15BN2O5S. The van der Waals surface area contributed by atoms with E-state index in [1.165, 1.54) is 11.3 Å². The number of thiophene rings is 1. The number of aldehydes is 1. The van der Waals surface area contributed by atoms with Crippen molar-refractivity contribution in [2.75, 3.05) is 13.2 Å². The zero-order chi connectivity index (χ0) is 15.8. The Morgan fingerprint density at radius 3 is 3.23 bits per heavy atom. The van der Waals surface area contributed by atoms with E-state index < -0.39 is 19.0 Å². The average molecular weight is 322 g/mol. The molecule has 2 N–H and O–H groups in total. The molecule has 0 radical (unpaired) electrons. The molecule has 7 nitrogen and oxygen atoms in total. The molecule has 116 valence electrons. The third-order valence-electron chi connectivity index (χ3n) is 2.85. The first-order valence-corrected chi connectivity index (χ1v) is 7.53. The number of nitrogens with zero attached hydrogens (tertiary/aromatic N) is 1. The summed E-state index contributed by atoms with van der Waals surface area (Å²) in [6.07, 6.45) is 4.59. The molecule has 0 saturated heterocycles. The van der Waals surface area contributed by atoms with Gasteiger partial charge in [-0.15, -0.1) is 11.3 Å². The van der Waals surface area contributed by atoms with Gasteiger partial charge in [-0.1, -0.05) is 23.4 Å². The van der Waals surface area contributed by atoms with E-state index >= 15 is 0 Å². The highest BCUT2D eigenvalue weighted by Gasteiger charge is 2.30. The highest BCUT2D eigenvalue weighted by atomic mass is 32.1. The van der Waals surface area contributed by atoms with Gasteiger partial charge in [0, 0.05) is 6.61 Å². The number of hydrogen-bond donors (Lipinski definition) is 2. The standard InChI is InChI=1S/C13H15BN2O5S/c17-6-8-21-16-12(10-4-3-9-22-10)13(18)15-11-5-1-2-7-20-14(11)19/h1-4,6,9,11,19H,5,7-8H2,(H,15,18)/b16-12+. The van der Waals surface area contributed by atoms with E-state index in [4.69, 9.17) is 9.49 Å². The van der Waals surface area contributed by atoms with E-state index in [1.807, 2.05) is 6.08 Å². The lowest BCUT2D eigenvalue weighted by Gasteiger charge is -2.17. The molecule has 0 saturated carbocycles. The molecule has 1 unspecified atom stereocenters.